The standard InChI is InChI=1S/C21H20N2O5S/c1-12-6-4-5-7-15(12)22-21-23-19(24)18(29-21)11-14-8-9-16(17(10-14)27-3)28-13(2)20(25)26/h4-11,13H,1-3H3,(H,25,26)(H,22,23,24)/b18-11-/t13-/m1/s1. The quantitative estimate of drug-likeness (QED) is 0.702. The van der Waals surface area contributed by atoms with Crippen molar-refractivity contribution >= 4 is 40.6 Å². The number of amides is 1. The van der Waals surface area contributed by atoms with Crippen molar-refractivity contribution in [2.24, 2.45) is 4.99 Å². The third kappa shape index (κ3) is 4.97. The molecule has 1 amide bonds. The summed E-state index contributed by atoms with van der Waals surface area (Å²) in [5, 5.41) is 12.3. The first kappa shape index (κ1) is 20.5. The molecule has 29 heavy (non-hydrogen) atoms. The van der Waals surface area contributed by atoms with E-state index in [1.165, 1.54) is 25.8 Å². The van der Waals surface area contributed by atoms with Crippen LogP contribution in [0.15, 0.2) is 52.4 Å². The minimum absolute atomic E-state index is 0.235. The lowest BCUT2D eigenvalue weighted by molar-refractivity contribution is -0.144. The number of nitrogens with zero attached hydrogens (tertiary/aromatic N) is 1. The molecule has 2 N–H and O–H groups in total. The molecule has 1 heterocycles. The Morgan fingerprint density at radius 2 is 2.00 bits per heavy atom. The fourth-order valence-electron chi connectivity index (χ4n) is 2.54. The molecule has 1 saturated heterocycles. The van der Waals surface area contributed by atoms with E-state index in [9.17, 15) is 9.59 Å². The van der Waals surface area contributed by atoms with E-state index in [2.05, 4.69) is 10.3 Å². The summed E-state index contributed by atoms with van der Waals surface area (Å²) in [6.45, 7) is 3.39. The third-order valence-corrected chi connectivity index (χ3v) is 5.04. The summed E-state index contributed by atoms with van der Waals surface area (Å²) in [6, 6.07) is 12.7. The highest BCUT2D eigenvalue weighted by atomic mass is 32.2. The molecule has 3 rings (SSSR count). The third-order valence-electron chi connectivity index (χ3n) is 4.13. The summed E-state index contributed by atoms with van der Waals surface area (Å²) in [7, 11) is 1.47. The Kier molecular flexibility index (Phi) is 6.23. The van der Waals surface area contributed by atoms with Gasteiger partial charge in [0.15, 0.2) is 22.8 Å². The van der Waals surface area contributed by atoms with Crippen molar-refractivity contribution in [2.75, 3.05) is 7.11 Å². The van der Waals surface area contributed by atoms with Gasteiger partial charge in [0.25, 0.3) is 5.91 Å². The van der Waals surface area contributed by atoms with E-state index < -0.39 is 12.1 Å². The van der Waals surface area contributed by atoms with E-state index >= 15 is 0 Å². The number of amidine groups is 1. The van der Waals surface area contributed by atoms with Gasteiger partial charge in [-0.15, -0.1) is 0 Å². The second kappa shape index (κ2) is 8.83. The maximum atomic E-state index is 12.3. The molecule has 1 fully saturated rings. The van der Waals surface area contributed by atoms with Crippen LogP contribution in [0.2, 0.25) is 0 Å². The number of hydrogen-bond donors (Lipinski definition) is 2. The number of carboxylic acid groups (broad SMARTS) is 1. The average Bonchev–Trinajstić information content (AvgIpc) is 3.03. The van der Waals surface area contributed by atoms with Gasteiger partial charge >= 0.3 is 5.97 Å². The minimum atomic E-state index is -1.07. The molecule has 1 aliphatic heterocycles. The van der Waals surface area contributed by atoms with Gasteiger partial charge in [-0.2, -0.15) is 0 Å². The Labute approximate surface area is 172 Å². The van der Waals surface area contributed by atoms with Gasteiger partial charge in [0.1, 0.15) is 0 Å². The first-order valence-electron chi connectivity index (χ1n) is 8.80. The number of nitrogens with one attached hydrogen (secondary N) is 1. The second-order valence-electron chi connectivity index (χ2n) is 6.28. The zero-order chi connectivity index (χ0) is 21.0. The van der Waals surface area contributed by atoms with Crippen molar-refractivity contribution in [3.05, 3.63) is 58.5 Å². The Balaban J connectivity index is 1.82. The van der Waals surface area contributed by atoms with Crippen LogP contribution >= 0.6 is 11.8 Å². The molecule has 2 aromatic rings. The van der Waals surface area contributed by atoms with E-state index in [1.54, 1.807) is 24.3 Å². The predicted octanol–water partition coefficient (Wildman–Crippen LogP) is 3.75. The van der Waals surface area contributed by atoms with E-state index in [-0.39, 0.29) is 5.91 Å². The number of para-hydroxylation sites is 1. The topological polar surface area (TPSA) is 97.2 Å². The summed E-state index contributed by atoms with van der Waals surface area (Å²) < 4.78 is 10.7. The molecule has 0 radical (unpaired) electrons. The first-order valence-corrected chi connectivity index (χ1v) is 9.61. The molecule has 1 atom stereocenters. The number of carboxylic acids is 1. The number of hydrogen-bond acceptors (Lipinski definition) is 6. The van der Waals surface area contributed by atoms with Crippen LogP contribution < -0.4 is 14.8 Å². The van der Waals surface area contributed by atoms with Crippen molar-refractivity contribution in [1.82, 2.24) is 5.32 Å². The number of ether oxygens (including phenoxy) is 2. The zero-order valence-electron chi connectivity index (χ0n) is 16.1. The lowest BCUT2D eigenvalue weighted by Gasteiger charge is -2.14. The Bertz CT molecular complexity index is 1020. The molecule has 0 aliphatic carbocycles. The molecule has 0 bridgehead atoms. The molecule has 0 spiro atoms. The minimum Gasteiger partial charge on any atom is -0.493 e. The van der Waals surface area contributed by atoms with Gasteiger partial charge in [-0.05, 0) is 61.0 Å². The maximum Gasteiger partial charge on any atom is 0.344 e. The van der Waals surface area contributed by atoms with Crippen molar-refractivity contribution in [1.29, 1.82) is 0 Å². The summed E-state index contributed by atoms with van der Waals surface area (Å²) in [5.74, 6) is -0.613. The Morgan fingerprint density at radius 3 is 2.69 bits per heavy atom. The van der Waals surface area contributed by atoms with Crippen molar-refractivity contribution in [3.8, 4) is 11.5 Å². The summed E-state index contributed by atoms with van der Waals surface area (Å²) in [6.07, 6.45) is 0.706. The van der Waals surface area contributed by atoms with Gasteiger partial charge < -0.3 is 19.9 Å². The summed E-state index contributed by atoms with van der Waals surface area (Å²) in [4.78, 5) is 28.3. The van der Waals surface area contributed by atoms with Crippen LogP contribution in [0.1, 0.15) is 18.1 Å². The molecule has 8 heteroatoms. The Hall–Kier alpha value is -3.26. The molecule has 0 unspecified atom stereocenters. The van der Waals surface area contributed by atoms with Gasteiger partial charge in [-0.3, -0.25) is 4.79 Å². The number of thioether (sulfide) groups is 1. The summed E-state index contributed by atoms with van der Waals surface area (Å²) >= 11 is 1.25. The Morgan fingerprint density at radius 1 is 1.24 bits per heavy atom. The van der Waals surface area contributed by atoms with Crippen LogP contribution in [-0.2, 0) is 9.59 Å². The monoisotopic (exact) mass is 412 g/mol. The number of aryl methyl sites for hydroxylation is 1. The van der Waals surface area contributed by atoms with E-state index in [0.717, 1.165) is 11.3 Å². The van der Waals surface area contributed by atoms with Crippen LogP contribution in [0, 0.1) is 6.92 Å². The molecular formula is C21H20N2O5S. The predicted molar refractivity (Wildman–Crippen MR) is 113 cm³/mol. The van der Waals surface area contributed by atoms with Crippen LogP contribution in [0.3, 0.4) is 0 Å². The number of methoxy groups -OCH3 is 1. The van der Waals surface area contributed by atoms with Crippen LogP contribution in [0.5, 0.6) is 11.5 Å². The van der Waals surface area contributed by atoms with Gasteiger partial charge in [0.05, 0.1) is 17.7 Å². The largest absolute Gasteiger partial charge is 0.493 e. The lowest BCUT2D eigenvalue weighted by Crippen LogP contribution is -2.23. The van der Waals surface area contributed by atoms with Gasteiger partial charge in [-0.1, -0.05) is 24.3 Å². The lowest BCUT2D eigenvalue weighted by atomic mass is 10.2. The molecular weight excluding hydrogens is 392 g/mol. The van der Waals surface area contributed by atoms with Crippen molar-refractivity contribution < 1.29 is 24.2 Å². The average molecular weight is 412 g/mol. The highest BCUT2D eigenvalue weighted by molar-refractivity contribution is 8.18. The van der Waals surface area contributed by atoms with Crippen LogP contribution in [-0.4, -0.2) is 35.4 Å². The number of benzene rings is 2. The highest BCUT2D eigenvalue weighted by Crippen LogP contribution is 2.33. The van der Waals surface area contributed by atoms with Crippen LogP contribution in [0.25, 0.3) is 6.08 Å². The molecule has 150 valence electrons. The van der Waals surface area contributed by atoms with E-state index in [1.807, 2.05) is 31.2 Å². The second-order valence-corrected chi connectivity index (χ2v) is 7.31. The number of aliphatic carboxylic acids is 1. The van der Waals surface area contributed by atoms with Crippen molar-refractivity contribution in [2.45, 2.75) is 20.0 Å². The maximum absolute atomic E-state index is 12.3. The molecule has 0 saturated carbocycles. The van der Waals surface area contributed by atoms with Crippen LogP contribution in [0.4, 0.5) is 5.69 Å². The van der Waals surface area contributed by atoms with Gasteiger partial charge in [0.2, 0.25) is 0 Å². The fourth-order valence-corrected chi connectivity index (χ4v) is 3.38. The number of rotatable bonds is 6. The van der Waals surface area contributed by atoms with E-state index in [4.69, 9.17) is 14.6 Å². The molecule has 0 aromatic heterocycles. The normalized spacial score (nSPS) is 17.3. The molecule has 7 nitrogen and oxygen atoms in total. The number of aliphatic imine (C=N–C) groups is 1. The van der Waals surface area contributed by atoms with Gasteiger partial charge in [0, 0.05) is 0 Å². The first-order chi connectivity index (χ1) is 13.9. The molecule has 2 aromatic carbocycles. The highest BCUT2D eigenvalue weighted by Gasteiger charge is 2.24. The summed E-state index contributed by atoms with van der Waals surface area (Å²) in [5.41, 5.74) is 2.53. The number of carbonyl (C=O) groups excluding carboxylic acids is 1. The SMILES string of the molecule is COc1cc(/C=C2\SC(=Nc3ccccc3C)NC2=O)ccc1O[C@H](C)C(=O)O. The number of carbonyl (C=O) groups is 2. The molecule has 1 aliphatic rings. The zero-order valence-corrected chi connectivity index (χ0v) is 16.9. The van der Waals surface area contributed by atoms with Crippen molar-refractivity contribution in [3.63, 3.8) is 0 Å². The smallest absolute Gasteiger partial charge is 0.344 e. The fraction of sp³-hybridized carbons (Fsp3) is 0.190. The van der Waals surface area contributed by atoms with E-state index in [0.29, 0.717) is 27.1 Å². The van der Waals surface area contributed by atoms with Gasteiger partial charge in [-0.25, -0.2) is 9.79 Å².